The van der Waals surface area contributed by atoms with E-state index < -0.39 is 0 Å². The van der Waals surface area contributed by atoms with Gasteiger partial charge in [-0.25, -0.2) is 0 Å². The third-order valence-corrected chi connectivity index (χ3v) is 2.46. The van der Waals surface area contributed by atoms with E-state index in [0.717, 1.165) is 0 Å². The highest BCUT2D eigenvalue weighted by Crippen LogP contribution is 2.20. The molecule has 0 aliphatic carbocycles. The smallest absolute Gasteiger partial charge is 0.0974 e. The minimum Gasteiger partial charge on any atom is -0.393 e. The maximum absolute atomic E-state index is 8.68. The van der Waals surface area contributed by atoms with Crippen LogP contribution < -0.4 is 11.5 Å². The molecule has 4 N–H and O–H groups in total. The van der Waals surface area contributed by atoms with E-state index in [9.17, 15) is 0 Å². The molecule has 0 saturated heterocycles. The van der Waals surface area contributed by atoms with Gasteiger partial charge in [0.05, 0.1) is 22.0 Å². The molecule has 0 rings (SSSR count). The van der Waals surface area contributed by atoms with Crippen LogP contribution in [0.25, 0.3) is 0 Å². The van der Waals surface area contributed by atoms with E-state index in [1.165, 1.54) is 11.8 Å². The molecule has 0 fully saturated rings. The lowest BCUT2D eigenvalue weighted by atomic mass is 10.2. The minimum absolute atomic E-state index is 0.104. The monoisotopic (exact) mass is 197 g/mol. The number of nitrogens with zero attached hydrogens (tertiary/aromatic N) is 1. The summed E-state index contributed by atoms with van der Waals surface area (Å²) < 4.78 is 0. The maximum atomic E-state index is 8.68. The van der Waals surface area contributed by atoms with Crippen LogP contribution in [0.15, 0.2) is 23.3 Å². The lowest BCUT2D eigenvalue weighted by molar-refractivity contribution is 0.937. The van der Waals surface area contributed by atoms with Gasteiger partial charge in [-0.15, -0.1) is 6.58 Å². The molecule has 1 unspecified atom stereocenters. The number of hydrogen-bond donors (Lipinski definition) is 2. The lowest BCUT2D eigenvalue weighted by Gasteiger charge is -2.09. The molecule has 72 valence electrons. The maximum Gasteiger partial charge on any atom is 0.0974 e. The van der Waals surface area contributed by atoms with Gasteiger partial charge in [0.1, 0.15) is 0 Å². The second-order valence-electron chi connectivity index (χ2n) is 2.49. The van der Waals surface area contributed by atoms with Gasteiger partial charge in [0.2, 0.25) is 0 Å². The fourth-order valence-corrected chi connectivity index (χ4v) is 1.65. The van der Waals surface area contributed by atoms with Gasteiger partial charge in [-0.05, 0) is 12.8 Å². The fourth-order valence-electron chi connectivity index (χ4n) is 0.755. The SMILES string of the molecule is C=CCC(N)S/C(N)=C(/C#N)CC. The van der Waals surface area contributed by atoms with Crippen molar-refractivity contribution < 1.29 is 0 Å². The second-order valence-corrected chi connectivity index (χ2v) is 3.77. The molecule has 0 amide bonds. The Morgan fingerprint density at radius 3 is 2.77 bits per heavy atom. The van der Waals surface area contributed by atoms with Crippen LogP contribution in [0.4, 0.5) is 0 Å². The third kappa shape index (κ3) is 4.61. The summed E-state index contributed by atoms with van der Waals surface area (Å²) in [6, 6.07) is 2.05. The molecule has 1 atom stereocenters. The molecule has 0 aromatic rings. The minimum atomic E-state index is -0.104. The van der Waals surface area contributed by atoms with E-state index in [-0.39, 0.29) is 5.37 Å². The molecule has 0 aromatic heterocycles. The Kier molecular flexibility index (Phi) is 6.11. The first-order valence-electron chi connectivity index (χ1n) is 4.07. The van der Waals surface area contributed by atoms with Crippen LogP contribution >= 0.6 is 11.8 Å². The molecule has 3 nitrogen and oxygen atoms in total. The van der Waals surface area contributed by atoms with Crippen molar-refractivity contribution in [2.75, 3.05) is 0 Å². The van der Waals surface area contributed by atoms with Gasteiger partial charge < -0.3 is 11.5 Å². The predicted molar refractivity (Wildman–Crippen MR) is 57.5 cm³/mol. The Hall–Kier alpha value is -0.920. The largest absolute Gasteiger partial charge is 0.393 e. The van der Waals surface area contributed by atoms with Gasteiger partial charge in [-0.3, -0.25) is 0 Å². The summed E-state index contributed by atoms with van der Waals surface area (Å²) in [4.78, 5) is 0. The van der Waals surface area contributed by atoms with Crippen molar-refractivity contribution in [2.45, 2.75) is 25.1 Å². The first-order chi connectivity index (χ1) is 6.15. The lowest BCUT2D eigenvalue weighted by Crippen LogP contribution is -2.16. The van der Waals surface area contributed by atoms with E-state index in [2.05, 4.69) is 12.6 Å². The van der Waals surface area contributed by atoms with Crippen LogP contribution in [-0.4, -0.2) is 5.37 Å². The van der Waals surface area contributed by atoms with Gasteiger partial charge in [0.25, 0.3) is 0 Å². The molecule has 0 aliphatic heterocycles. The van der Waals surface area contributed by atoms with Gasteiger partial charge in [0.15, 0.2) is 0 Å². The zero-order chi connectivity index (χ0) is 10.3. The summed E-state index contributed by atoms with van der Waals surface area (Å²) >= 11 is 1.32. The summed E-state index contributed by atoms with van der Waals surface area (Å²) in [7, 11) is 0. The quantitative estimate of drug-likeness (QED) is 0.399. The molecule has 13 heavy (non-hydrogen) atoms. The number of rotatable bonds is 5. The van der Waals surface area contributed by atoms with Gasteiger partial charge in [-0.1, -0.05) is 24.8 Å². The molecule has 0 saturated carbocycles. The highest BCUT2D eigenvalue weighted by molar-refractivity contribution is 8.03. The molecule has 0 aliphatic rings. The summed E-state index contributed by atoms with van der Waals surface area (Å²) in [6.07, 6.45) is 3.08. The number of hydrogen-bond acceptors (Lipinski definition) is 4. The van der Waals surface area contributed by atoms with Crippen molar-refractivity contribution in [1.29, 1.82) is 5.26 Å². The molecule has 4 heteroatoms. The van der Waals surface area contributed by atoms with Crippen LogP contribution in [0, 0.1) is 11.3 Å². The predicted octanol–water partition coefficient (Wildman–Crippen LogP) is 1.68. The Balaban J connectivity index is 4.27. The van der Waals surface area contributed by atoms with Gasteiger partial charge in [0, 0.05) is 0 Å². The number of thioether (sulfide) groups is 1. The Labute approximate surface area is 83.5 Å². The molecule has 0 heterocycles. The summed E-state index contributed by atoms with van der Waals surface area (Å²) in [5.41, 5.74) is 12.0. The topological polar surface area (TPSA) is 75.8 Å². The van der Waals surface area contributed by atoms with Gasteiger partial charge in [-0.2, -0.15) is 5.26 Å². The van der Waals surface area contributed by atoms with E-state index >= 15 is 0 Å². The van der Waals surface area contributed by atoms with Crippen molar-refractivity contribution >= 4 is 11.8 Å². The van der Waals surface area contributed by atoms with Crippen molar-refractivity contribution in [2.24, 2.45) is 11.5 Å². The van der Waals surface area contributed by atoms with E-state index in [0.29, 0.717) is 23.4 Å². The zero-order valence-corrected chi connectivity index (χ0v) is 8.60. The van der Waals surface area contributed by atoms with Crippen LogP contribution in [0.5, 0.6) is 0 Å². The zero-order valence-electron chi connectivity index (χ0n) is 7.79. The standard InChI is InChI=1S/C9H15N3S/c1-3-5-8(11)13-9(12)7(4-2)6-10/h3,8H,1,4-5,11-12H2,2H3/b9-7+. The fraction of sp³-hybridized carbons (Fsp3) is 0.444. The number of nitriles is 1. The Morgan fingerprint density at radius 2 is 2.38 bits per heavy atom. The molecule has 0 aromatic carbocycles. The Bertz CT molecular complexity index is 240. The van der Waals surface area contributed by atoms with Crippen molar-refractivity contribution in [3.05, 3.63) is 23.3 Å². The van der Waals surface area contributed by atoms with Crippen LogP contribution in [-0.2, 0) is 0 Å². The first kappa shape index (κ1) is 12.1. The summed E-state index contributed by atoms with van der Waals surface area (Å²) in [5, 5.41) is 9.10. The van der Waals surface area contributed by atoms with Crippen LogP contribution in [0.3, 0.4) is 0 Å². The molecular weight excluding hydrogens is 182 g/mol. The molecule has 0 bridgehead atoms. The van der Waals surface area contributed by atoms with Crippen molar-refractivity contribution in [3.8, 4) is 6.07 Å². The van der Waals surface area contributed by atoms with Crippen LogP contribution in [0.1, 0.15) is 19.8 Å². The molecule has 0 spiro atoms. The van der Waals surface area contributed by atoms with Crippen molar-refractivity contribution in [1.82, 2.24) is 0 Å². The molecular formula is C9H15N3S. The summed E-state index contributed by atoms with van der Waals surface area (Å²) in [6.45, 7) is 5.47. The van der Waals surface area contributed by atoms with E-state index in [1.807, 2.05) is 6.92 Å². The van der Waals surface area contributed by atoms with Crippen LogP contribution in [0.2, 0.25) is 0 Å². The molecule has 0 radical (unpaired) electrons. The van der Waals surface area contributed by atoms with E-state index in [4.69, 9.17) is 16.7 Å². The number of allylic oxidation sites excluding steroid dienone is 1. The van der Waals surface area contributed by atoms with Crippen molar-refractivity contribution in [3.63, 3.8) is 0 Å². The Morgan fingerprint density at radius 1 is 1.77 bits per heavy atom. The summed E-state index contributed by atoms with van der Waals surface area (Å²) in [5.74, 6) is 0. The second kappa shape index (κ2) is 6.58. The highest BCUT2D eigenvalue weighted by Gasteiger charge is 2.06. The highest BCUT2D eigenvalue weighted by atomic mass is 32.2. The van der Waals surface area contributed by atoms with E-state index in [1.54, 1.807) is 6.08 Å². The average molecular weight is 197 g/mol. The third-order valence-electron chi connectivity index (χ3n) is 1.46. The number of nitrogens with two attached hydrogens (primary N) is 2. The first-order valence-corrected chi connectivity index (χ1v) is 4.95. The normalized spacial score (nSPS) is 14.2. The van der Waals surface area contributed by atoms with Gasteiger partial charge >= 0.3 is 0 Å². The average Bonchev–Trinajstić information content (AvgIpc) is 2.06.